The van der Waals surface area contributed by atoms with Crippen LogP contribution in [0.2, 0.25) is 5.04 Å². The van der Waals surface area contributed by atoms with E-state index in [1.54, 1.807) is 7.11 Å². The zero-order valence-corrected chi connectivity index (χ0v) is 28.7. The molecule has 6 rings (SSSR count). The summed E-state index contributed by atoms with van der Waals surface area (Å²) in [5.74, 6) is 0.791. The second-order valence-electron chi connectivity index (χ2n) is 13.3. The topological polar surface area (TPSA) is 78.9 Å². The molecule has 0 unspecified atom stereocenters. The fraction of sp³-hybridized carbons (Fsp3) is 0.385. The van der Waals surface area contributed by atoms with E-state index in [4.69, 9.17) is 28.1 Å². The van der Waals surface area contributed by atoms with Gasteiger partial charge in [0, 0.05) is 0 Å². The molecule has 1 N–H and O–H groups in total. The molecule has 0 radical (unpaired) electrons. The van der Waals surface area contributed by atoms with E-state index in [0.29, 0.717) is 19.8 Å². The van der Waals surface area contributed by atoms with Crippen molar-refractivity contribution in [2.75, 3.05) is 20.3 Å². The second-order valence-corrected chi connectivity index (χ2v) is 17.6. The molecule has 4 aromatic carbocycles. The average molecular weight is 655 g/mol. The molecule has 4 aromatic rings. The third kappa shape index (κ3) is 7.39. The Morgan fingerprint density at radius 1 is 0.638 bits per heavy atom. The molecule has 2 aliphatic heterocycles. The van der Waals surface area contributed by atoms with E-state index >= 15 is 0 Å². The molecule has 0 bridgehead atoms. The number of ether oxygens (including phenoxy) is 5. The smallest absolute Gasteiger partial charge is 0.261 e. The predicted molar refractivity (Wildman–Crippen MR) is 185 cm³/mol. The van der Waals surface area contributed by atoms with Crippen LogP contribution in [0.1, 0.15) is 31.9 Å². The van der Waals surface area contributed by atoms with Crippen LogP contribution in [0.3, 0.4) is 0 Å². The lowest BCUT2D eigenvalue weighted by molar-refractivity contribution is -0.0836. The summed E-state index contributed by atoms with van der Waals surface area (Å²) in [6, 6.07) is 39.2. The van der Waals surface area contributed by atoms with Crippen LogP contribution in [0.25, 0.3) is 0 Å². The lowest BCUT2D eigenvalue weighted by Gasteiger charge is -2.43. The minimum absolute atomic E-state index is 0.0729. The summed E-state index contributed by atoms with van der Waals surface area (Å²) >= 11 is 0. The number of hydrogen-bond acceptors (Lipinski definition) is 7. The van der Waals surface area contributed by atoms with Gasteiger partial charge in [-0.25, -0.2) is 0 Å². The van der Waals surface area contributed by atoms with Crippen LogP contribution in [0, 0.1) is 0 Å². The van der Waals surface area contributed by atoms with Gasteiger partial charge in [0.05, 0.1) is 33.5 Å². The van der Waals surface area contributed by atoms with Gasteiger partial charge in [0.25, 0.3) is 8.32 Å². The van der Waals surface area contributed by atoms with E-state index < -0.39 is 32.7 Å². The van der Waals surface area contributed by atoms with E-state index in [1.807, 2.05) is 66.7 Å². The molecule has 0 spiro atoms. The summed E-state index contributed by atoms with van der Waals surface area (Å²) in [7, 11) is -1.19. The first-order chi connectivity index (χ1) is 22.8. The number of benzene rings is 4. The molecule has 6 atom stereocenters. The summed E-state index contributed by atoms with van der Waals surface area (Å²) < 4.78 is 38.8. The Kier molecular flexibility index (Phi) is 10.6. The van der Waals surface area contributed by atoms with Gasteiger partial charge in [-0.1, -0.05) is 124 Å². The normalized spacial score (nSPS) is 24.3. The summed E-state index contributed by atoms with van der Waals surface area (Å²) in [5.41, 5.74) is 2.07. The molecule has 2 fully saturated rings. The van der Waals surface area contributed by atoms with E-state index in [-0.39, 0.29) is 23.9 Å². The number of rotatable bonds is 14. The fourth-order valence-corrected chi connectivity index (χ4v) is 11.4. The fourth-order valence-electron chi connectivity index (χ4n) is 6.79. The lowest BCUT2D eigenvalue weighted by atomic mass is 10.0. The molecule has 7 nitrogen and oxygen atoms in total. The number of aliphatic hydroxyl groups excluding tert-OH is 1. The Morgan fingerprint density at radius 3 is 1.66 bits per heavy atom. The second kappa shape index (κ2) is 14.8. The molecule has 0 amide bonds. The molecular formula is C39H46O7Si. The molecule has 2 aliphatic rings. The molecule has 0 aliphatic carbocycles. The van der Waals surface area contributed by atoms with Gasteiger partial charge in [-0.15, -0.1) is 0 Å². The highest BCUT2D eigenvalue weighted by Gasteiger charge is 2.58. The van der Waals surface area contributed by atoms with E-state index in [0.717, 1.165) is 16.9 Å². The SMILES string of the molecule is COc1ccc(CO[C@H]2[C@H](OCc3ccccc3)[C@H]([C@H]3O[C@@H]3CO)O[C@@H]2CO[Si](c2ccccc2)(c2ccccc2)C(C)(C)C)cc1. The maximum Gasteiger partial charge on any atom is 0.261 e. The molecular weight excluding hydrogens is 609 g/mol. The van der Waals surface area contributed by atoms with Crippen LogP contribution in [0.4, 0.5) is 0 Å². The van der Waals surface area contributed by atoms with E-state index in [2.05, 4.69) is 69.3 Å². The Balaban J connectivity index is 1.33. The van der Waals surface area contributed by atoms with Crippen molar-refractivity contribution in [2.24, 2.45) is 0 Å². The number of aliphatic hydroxyl groups is 1. The summed E-state index contributed by atoms with van der Waals surface area (Å²) in [5, 5.41) is 12.1. The summed E-state index contributed by atoms with van der Waals surface area (Å²) in [6.45, 7) is 7.79. The van der Waals surface area contributed by atoms with Gasteiger partial charge in [-0.2, -0.15) is 0 Å². The van der Waals surface area contributed by atoms with Crippen molar-refractivity contribution in [1.29, 1.82) is 0 Å². The van der Waals surface area contributed by atoms with Crippen LogP contribution in [0.5, 0.6) is 5.75 Å². The number of hydrogen-bond donors (Lipinski definition) is 1. The Labute approximate surface area is 279 Å². The molecule has 8 heteroatoms. The van der Waals surface area contributed by atoms with Gasteiger partial charge in [-0.05, 0) is 38.7 Å². The maximum atomic E-state index is 9.93. The zero-order chi connectivity index (χ0) is 32.9. The van der Waals surface area contributed by atoms with Crippen LogP contribution in [0.15, 0.2) is 115 Å². The van der Waals surface area contributed by atoms with Crippen molar-refractivity contribution in [3.05, 3.63) is 126 Å². The van der Waals surface area contributed by atoms with Crippen molar-refractivity contribution in [3.8, 4) is 5.75 Å². The van der Waals surface area contributed by atoms with Crippen molar-refractivity contribution in [2.45, 2.75) is 75.6 Å². The molecule has 2 heterocycles. The first-order valence-corrected chi connectivity index (χ1v) is 18.3. The lowest BCUT2D eigenvalue weighted by Crippen LogP contribution is -2.67. The van der Waals surface area contributed by atoms with Crippen LogP contribution >= 0.6 is 0 Å². The summed E-state index contributed by atoms with van der Waals surface area (Å²) in [4.78, 5) is 0. The average Bonchev–Trinajstić information content (AvgIpc) is 3.81. The third-order valence-corrected chi connectivity index (χ3v) is 14.2. The highest BCUT2D eigenvalue weighted by molar-refractivity contribution is 6.99. The van der Waals surface area contributed by atoms with Crippen molar-refractivity contribution < 1.29 is 33.2 Å². The predicted octanol–water partition coefficient (Wildman–Crippen LogP) is 5.27. The molecule has 0 saturated carbocycles. The molecule has 2 saturated heterocycles. The highest BCUT2D eigenvalue weighted by Crippen LogP contribution is 2.41. The van der Waals surface area contributed by atoms with Crippen molar-refractivity contribution >= 4 is 18.7 Å². The van der Waals surface area contributed by atoms with Gasteiger partial charge in [0.15, 0.2) is 0 Å². The van der Waals surface area contributed by atoms with Crippen LogP contribution in [-0.4, -0.2) is 70.4 Å². The first kappa shape index (κ1) is 33.6. The Hall–Kier alpha value is -3.34. The van der Waals surface area contributed by atoms with Gasteiger partial charge in [0.2, 0.25) is 0 Å². The van der Waals surface area contributed by atoms with Gasteiger partial charge < -0.3 is 33.2 Å². The Bertz CT molecular complexity index is 1490. The minimum atomic E-state index is -2.85. The quantitative estimate of drug-likeness (QED) is 0.147. The third-order valence-electron chi connectivity index (χ3n) is 9.24. The zero-order valence-electron chi connectivity index (χ0n) is 27.7. The number of methoxy groups -OCH3 is 1. The van der Waals surface area contributed by atoms with Crippen LogP contribution < -0.4 is 15.1 Å². The van der Waals surface area contributed by atoms with Crippen molar-refractivity contribution in [3.63, 3.8) is 0 Å². The minimum Gasteiger partial charge on any atom is -0.497 e. The molecule has 0 aromatic heterocycles. The van der Waals surface area contributed by atoms with Gasteiger partial charge in [-0.3, -0.25) is 0 Å². The standard InChI is InChI=1S/C39H46O7Si/c1-39(2,3)47(31-16-10-6-11-17-31,32-18-12-7-13-19-32)44-27-34-35(42-26-29-20-22-30(41-4)23-21-29)37(38(46-34)36-33(24-40)45-36)43-25-28-14-8-5-9-15-28/h5-23,33-38,40H,24-27H2,1-4H3/t33-,34-,35-,36+,37+,38+/m1/s1. The van der Waals surface area contributed by atoms with Crippen LogP contribution in [-0.2, 0) is 36.6 Å². The Morgan fingerprint density at radius 2 is 1.15 bits per heavy atom. The van der Waals surface area contributed by atoms with Crippen molar-refractivity contribution in [1.82, 2.24) is 0 Å². The highest BCUT2D eigenvalue weighted by atomic mass is 28.4. The first-order valence-electron chi connectivity index (χ1n) is 16.4. The monoisotopic (exact) mass is 654 g/mol. The van der Waals surface area contributed by atoms with E-state index in [9.17, 15) is 5.11 Å². The molecule has 248 valence electrons. The van der Waals surface area contributed by atoms with Gasteiger partial charge >= 0.3 is 0 Å². The number of epoxide rings is 1. The maximum absolute atomic E-state index is 9.93. The largest absolute Gasteiger partial charge is 0.497 e. The van der Waals surface area contributed by atoms with E-state index in [1.165, 1.54) is 10.4 Å². The summed E-state index contributed by atoms with van der Waals surface area (Å²) in [6.07, 6.45) is -2.34. The van der Waals surface area contributed by atoms with Gasteiger partial charge in [0.1, 0.15) is 42.4 Å². The molecule has 47 heavy (non-hydrogen) atoms.